The molecule has 0 saturated carbocycles. The number of aliphatic carboxylic acids is 1. The van der Waals surface area contributed by atoms with Crippen molar-refractivity contribution in [2.24, 2.45) is 10.9 Å². The van der Waals surface area contributed by atoms with Gasteiger partial charge in [-0.05, 0) is 79.0 Å². The number of aryl methyl sites for hydroxylation is 2. The summed E-state index contributed by atoms with van der Waals surface area (Å²) >= 11 is 0. The van der Waals surface area contributed by atoms with Gasteiger partial charge >= 0.3 is 5.97 Å². The lowest BCUT2D eigenvalue weighted by Crippen LogP contribution is -2.06. The Kier molecular flexibility index (Phi) is 23.6. The zero-order valence-corrected chi connectivity index (χ0v) is 25.1. The highest BCUT2D eigenvalue weighted by atomic mass is 16.4. The molecule has 1 aromatic carbocycles. The number of carbonyl (C=O) groups is 1. The Labute approximate surface area is 222 Å². The number of aliphatic hydroxyl groups is 1. The standard InChI is InChI=1S/C24H31NO3.C4H10.2C2H6/c1-7-12-25-15-21(24(27)28)22(26)14-20(8-2)18(5)13-19(6)23-16(3)10-9-11-17(23)4;1-4(2)3;2*1-2/h9-11,13-15,26H,6-8,12H2,1-5H3,(H,27,28);4H,1-3H3;2*1-2H3/b18-13+,20-14+,22-21-,25-15?;;;. The molecule has 2 N–H and O–H groups in total. The van der Waals surface area contributed by atoms with Crippen molar-refractivity contribution in [3.63, 3.8) is 0 Å². The summed E-state index contributed by atoms with van der Waals surface area (Å²) in [7, 11) is 0. The highest BCUT2D eigenvalue weighted by Gasteiger charge is 2.12. The monoisotopic (exact) mass is 499 g/mol. The van der Waals surface area contributed by atoms with Gasteiger partial charge in [-0.15, -0.1) is 0 Å². The van der Waals surface area contributed by atoms with Gasteiger partial charge in [-0.25, -0.2) is 4.79 Å². The average molecular weight is 500 g/mol. The van der Waals surface area contributed by atoms with E-state index in [1.165, 1.54) is 12.3 Å². The number of nitrogens with zero attached hydrogens (tertiary/aromatic N) is 1. The molecule has 0 aliphatic heterocycles. The molecule has 0 unspecified atom stereocenters. The summed E-state index contributed by atoms with van der Waals surface area (Å²) in [6.07, 6.45) is 6.16. The van der Waals surface area contributed by atoms with Gasteiger partial charge in [-0.1, -0.05) is 93.2 Å². The molecule has 0 atom stereocenters. The Hall–Kier alpha value is -2.88. The minimum atomic E-state index is -1.20. The van der Waals surface area contributed by atoms with Gasteiger partial charge in [0, 0.05) is 12.8 Å². The van der Waals surface area contributed by atoms with Crippen LogP contribution in [0.2, 0.25) is 0 Å². The van der Waals surface area contributed by atoms with E-state index in [-0.39, 0.29) is 11.3 Å². The number of allylic oxidation sites excluding steroid dienone is 5. The molecule has 0 aliphatic carbocycles. The zero-order valence-electron chi connectivity index (χ0n) is 25.1. The van der Waals surface area contributed by atoms with Gasteiger partial charge in [-0.3, -0.25) is 4.99 Å². The fourth-order valence-electron chi connectivity index (χ4n) is 3.00. The third kappa shape index (κ3) is 15.9. The molecule has 4 heteroatoms. The number of aliphatic imine (C=N–C) groups is 1. The highest BCUT2D eigenvalue weighted by molar-refractivity contribution is 6.09. The minimum absolute atomic E-state index is 0.208. The Morgan fingerprint density at radius 2 is 1.47 bits per heavy atom. The van der Waals surface area contributed by atoms with Crippen LogP contribution in [0.15, 0.2) is 64.4 Å². The number of hydrogen-bond donors (Lipinski definition) is 2. The molecule has 36 heavy (non-hydrogen) atoms. The zero-order chi connectivity index (χ0) is 28.8. The molecule has 0 fully saturated rings. The van der Waals surface area contributed by atoms with E-state index >= 15 is 0 Å². The maximum absolute atomic E-state index is 11.4. The second-order valence-electron chi connectivity index (χ2n) is 8.51. The first kappa shape index (κ1) is 37.7. The molecule has 0 amide bonds. The number of hydrogen-bond acceptors (Lipinski definition) is 3. The molecular weight excluding hydrogens is 446 g/mol. The first-order chi connectivity index (χ1) is 17.0. The SMILES string of the molecule is C=C(/C=C(C)/C(=C/C(O)=C(\C=NCCC)C(=O)O)CC)c1c(C)cccc1C.CC.CC.CC(C)C. The van der Waals surface area contributed by atoms with Gasteiger partial charge in [0.25, 0.3) is 0 Å². The fraction of sp³-hybridized carbons (Fsp3) is 0.500. The maximum atomic E-state index is 11.4. The molecule has 1 rings (SSSR count). The Morgan fingerprint density at radius 1 is 1.00 bits per heavy atom. The molecule has 0 spiro atoms. The molecule has 0 aromatic heterocycles. The molecular formula is C32H53NO3. The lowest BCUT2D eigenvalue weighted by Gasteiger charge is -2.12. The van der Waals surface area contributed by atoms with Crippen molar-refractivity contribution in [2.45, 2.75) is 95.9 Å². The normalized spacial score (nSPS) is 11.9. The van der Waals surface area contributed by atoms with Crippen LogP contribution in [0.25, 0.3) is 5.57 Å². The molecule has 0 bridgehead atoms. The fourth-order valence-corrected chi connectivity index (χ4v) is 3.00. The van der Waals surface area contributed by atoms with Crippen LogP contribution in [0.4, 0.5) is 0 Å². The van der Waals surface area contributed by atoms with E-state index in [0.29, 0.717) is 13.0 Å². The molecule has 1 aromatic rings. The van der Waals surface area contributed by atoms with Crippen molar-refractivity contribution in [1.82, 2.24) is 0 Å². The predicted molar refractivity (Wildman–Crippen MR) is 161 cm³/mol. The van der Waals surface area contributed by atoms with Gasteiger partial charge in [0.2, 0.25) is 0 Å². The van der Waals surface area contributed by atoms with Crippen LogP contribution >= 0.6 is 0 Å². The summed E-state index contributed by atoms with van der Waals surface area (Å²) in [6.45, 7) is 29.2. The van der Waals surface area contributed by atoms with Crippen LogP contribution in [0.3, 0.4) is 0 Å². The highest BCUT2D eigenvalue weighted by Crippen LogP contribution is 2.26. The predicted octanol–water partition coefficient (Wildman–Crippen LogP) is 9.69. The topological polar surface area (TPSA) is 69.9 Å². The summed E-state index contributed by atoms with van der Waals surface area (Å²) in [5.74, 6) is -0.666. The van der Waals surface area contributed by atoms with Crippen molar-refractivity contribution >= 4 is 17.8 Å². The van der Waals surface area contributed by atoms with E-state index < -0.39 is 5.97 Å². The molecule has 0 radical (unpaired) electrons. The van der Waals surface area contributed by atoms with E-state index in [4.69, 9.17) is 0 Å². The molecule has 4 nitrogen and oxygen atoms in total. The third-order valence-corrected chi connectivity index (χ3v) is 4.47. The second kappa shape index (κ2) is 22.6. The van der Waals surface area contributed by atoms with Crippen molar-refractivity contribution in [3.05, 3.63) is 76.1 Å². The van der Waals surface area contributed by atoms with Gasteiger partial charge in [0.15, 0.2) is 0 Å². The smallest absolute Gasteiger partial charge is 0.341 e. The van der Waals surface area contributed by atoms with Gasteiger partial charge < -0.3 is 10.2 Å². The van der Waals surface area contributed by atoms with E-state index in [0.717, 1.165) is 45.7 Å². The number of aliphatic hydroxyl groups excluding tert-OH is 1. The Balaban J connectivity index is -0.00000121. The maximum Gasteiger partial charge on any atom is 0.341 e. The Bertz CT molecular complexity index is 877. The number of carboxylic acids is 1. The summed E-state index contributed by atoms with van der Waals surface area (Å²) in [5, 5.41) is 19.7. The van der Waals surface area contributed by atoms with Crippen molar-refractivity contribution < 1.29 is 15.0 Å². The first-order valence-electron chi connectivity index (χ1n) is 13.3. The Morgan fingerprint density at radius 3 is 1.86 bits per heavy atom. The summed E-state index contributed by atoms with van der Waals surface area (Å²) in [5.41, 5.74) is 5.86. The molecule has 0 aliphatic rings. The van der Waals surface area contributed by atoms with Crippen molar-refractivity contribution in [3.8, 4) is 0 Å². The first-order valence-corrected chi connectivity index (χ1v) is 13.3. The van der Waals surface area contributed by atoms with Gasteiger partial charge in [0.1, 0.15) is 11.3 Å². The van der Waals surface area contributed by atoms with Crippen molar-refractivity contribution in [2.75, 3.05) is 6.54 Å². The summed E-state index contributed by atoms with van der Waals surface area (Å²) in [6, 6.07) is 6.12. The number of carboxylic acid groups (broad SMARTS) is 1. The van der Waals surface area contributed by atoms with Crippen molar-refractivity contribution in [1.29, 1.82) is 0 Å². The average Bonchev–Trinajstić information content (AvgIpc) is 2.82. The van der Waals surface area contributed by atoms with Crippen LogP contribution in [-0.2, 0) is 4.79 Å². The summed E-state index contributed by atoms with van der Waals surface area (Å²) in [4.78, 5) is 15.5. The van der Waals surface area contributed by atoms with Crippen LogP contribution in [0.5, 0.6) is 0 Å². The molecule has 0 heterocycles. The van der Waals surface area contributed by atoms with Crippen LogP contribution < -0.4 is 0 Å². The minimum Gasteiger partial charge on any atom is -0.507 e. The quantitative estimate of drug-likeness (QED) is 0.154. The van der Waals surface area contributed by atoms with E-state index in [1.807, 2.05) is 60.6 Å². The van der Waals surface area contributed by atoms with Crippen LogP contribution in [0.1, 0.15) is 98.8 Å². The lowest BCUT2D eigenvalue weighted by atomic mass is 9.93. The van der Waals surface area contributed by atoms with Crippen LogP contribution in [-0.4, -0.2) is 28.9 Å². The molecule has 0 saturated heterocycles. The van der Waals surface area contributed by atoms with E-state index in [2.05, 4.69) is 58.3 Å². The van der Waals surface area contributed by atoms with E-state index in [9.17, 15) is 15.0 Å². The lowest BCUT2D eigenvalue weighted by molar-refractivity contribution is -0.132. The van der Waals surface area contributed by atoms with E-state index in [1.54, 1.807) is 0 Å². The summed E-state index contributed by atoms with van der Waals surface area (Å²) < 4.78 is 0. The van der Waals surface area contributed by atoms with Crippen LogP contribution in [0, 0.1) is 19.8 Å². The van der Waals surface area contributed by atoms with Gasteiger partial charge in [0.05, 0.1) is 0 Å². The van der Waals surface area contributed by atoms with Gasteiger partial charge in [-0.2, -0.15) is 0 Å². The second-order valence-corrected chi connectivity index (χ2v) is 8.51. The number of rotatable bonds is 9. The largest absolute Gasteiger partial charge is 0.507 e. The number of benzene rings is 1. The molecule has 204 valence electrons. The third-order valence-electron chi connectivity index (χ3n) is 4.47.